The zero-order valence-corrected chi connectivity index (χ0v) is 14.8. The van der Waals surface area contributed by atoms with Crippen LogP contribution < -0.4 is 15.1 Å². The van der Waals surface area contributed by atoms with Crippen molar-refractivity contribution < 1.29 is 9.53 Å². The summed E-state index contributed by atoms with van der Waals surface area (Å²) in [6.07, 6.45) is 1.61. The number of nitrogens with one attached hydrogen (secondary N) is 1. The molecule has 6 heteroatoms. The molecule has 2 aromatic rings. The highest BCUT2D eigenvalue weighted by atomic mass is 79.9. The quantitative estimate of drug-likeness (QED) is 0.644. The van der Waals surface area contributed by atoms with Gasteiger partial charge < -0.3 is 9.64 Å². The first kappa shape index (κ1) is 17.0. The SMILES string of the molecule is COc1ccc(C(=O)N/N=C\c2ccc(N(C)C)cc2)cc1Br. The molecule has 1 amide bonds. The number of rotatable bonds is 5. The molecule has 5 nitrogen and oxygen atoms in total. The van der Waals surface area contributed by atoms with Crippen molar-refractivity contribution in [1.82, 2.24) is 5.43 Å². The van der Waals surface area contributed by atoms with E-state index in [1.54, 1.807) is 31.5 Å². The number of hydrogen-bond acceptors (Lipinski definition) is 4. The van der Waals surface area contributed by atoms with Crippen LogP contribution in [0.15, 0.2) is 52.0 Å². The molecule has 0 saturated heterocycles. The van der Waals surface area contributed by atoms with E-state index >= 15 is 0 Å². The Morgan fingerprint density at radius 2 is 1.91 bits per heavy atom. The van der Waals surface area contributed by atoms with Gasteiger partial charge in [-0.25, -0.2) is 5.43 Å². The minimum atomic E-state index is -0.283. The fourth-order valence-corrected chi connectivity index (χ4v) is 2.44. The first-order chi connectivity index (χ1) is 11.0. The summed E-state index contributed by atoms with van der Waals surface area (Å²) in [7, 11) is 5.54. The lowest BCUT2D eigenvalue weighted by Crippen LogP contribution is -2.17. The molecule has 0 aliphatic heterocycles. The number of amides is 1. The van der Waals surface area contributed by atoms with Gasteiger partial charge in [-0.1, -0.05) is 12.1 Å². The number of nitrogens with zero attached hydrogens (tertiary/aromatic N) is 2. The maximum absolute atomic E-state index is 12.0. The molecule has 0 saturated carbocycles. The molecule has 0 aromatic heterocycles. The largest absolute Gasteiger partial charge is 0.496 e. The lowest BCUT2D eigenvalue weighted by atomic mass is 10.2. The van der Waals surface area contributed by atoms with Crippen LogP contribution in [0.4, 0.5) is 5.69 Å². The number of anilines is 1. The van der Waals surface area contributed by atoms with Crippen LogP contribution in [0.5, 0.6) is 5.75 Å². The second-order valence-electron chi connectivity index (χ2n) is 5.03. The maximum atomic E-state index is 12.0. The Labute approximate surface area is 144 Å². The molecule has 0 atom stereocenters. The fraction of sp³-hybridized carbons (Fsp3) is 0.176. The van der Waals surface area contributed by atoms with Crippen molar-refractivity contribution in [3.8, 4) is 5.75 Å². The summed E-state index contributed by atoms with van der Waals surface area (Å²) >= 11 is 3.35. The summed E-state index contributed by atoms with van der Waals surface area (Å²) < 4.78 is 5.85. The molecule has 2 rings (SSSR count). The van der Waals surface area contributed by atoms with E-state index in [9.17, 15) is 4.79 Å². The Balaban J connectivity index is 1.99. The second kappa shape index (κ2) is 7.78. The summed E-state index contributed by atoms with van der Waals surface area (Å²) in [4.78, 5) is 14.1. The molecule has 0 bridgehead atoms. The van der Waals surface area contributed by atoms with Crippen molar-refractivity contribution >= 4 is 33.7 Å². The molecule has 0 spiro atoms. The van der Waals surface area contributed by atoms with Gasteiger partial charge >= 0.3 is 0 Å². The zero-order chi connectivity index (χ0) is 16.8. The lowest BCUT2D eigenvalue weighted by Gasteiger charge is -2.11. The topological polar surface area (TPSA) is 53.9 Å². The highest BCUT2D eigenvalue weighted by molar-refractivity contribution is 9.10. The van der Waals surface area contributed by atoms with E-state index in [2.05, 4.69) is 26.5 Å². The molecule has 0 fully saturated rings. The van der Waals surface area contributed by atoms with E-state index in [1.807, 2.05) is 43.3 Å². The molecular weight excluding hydrogens is 358 g/mol. The number of ether oxygens (including phenoxy) is 1. The van der Waals surface area contributed by atoms with Gasteiger partial charge in [-0.05, 0) is 51.8 Å². The Morgan fingerprint density at radius 3 is 2.48 bits per heavy atom. The van der Waals surface area contributed by atoms with E-state index in [0.29, 0.717) is 11.3 Å². The number of methoxy groups -OCH3 is 1. The second-order valence-corrected chi connectivity index (χ2v) is 5.89. The van der Waals surface area contributed by atoms with Crippen LogP contribution in [0.25, 0.3) is 0 Å². The molecule has 0 unspecified atom stereocenters. The Kier molecular flexibility index (Phi) is 5.76. The number of carbonyl (C=O) groups is 1. The van der Waals surface area contributed by atoms with Gasteiger partial charge in [-0.2, -0.15) is 5.10 Å². The number of hydrazone groups is 1. The van der Waals surface area contributed by atoms with Crippen LogP contribution in [0.2, 0.25) is 0 Å². The average molecular weight is 376 g/mol. The Bertz CT molecular complexity index is 712. The van der Waals surface area contributed by atoms with Crippen molar-refractivity contribution in [3.63, 3.8) is 0 Å². The smallest absolute Gasteiger partial charge is 0.271 e. The van der Waals surface area contributed by atoms with Crippen LogP contribution in [0, 0.1) is 0 Å². The van der Waals surface area contributed by atoms with Crippen molar-refractivity contribution in [3.05, 3.63) is 58.1 Å². The van der Waals surface area contributed by atoms with Crippen LogP contribution in [-0.2, 0) is 0 Å². The van der Waals surface area contributed by atoms with E-state index < -0.39 is 0 Å². The van der Waals surface area contributed by atoms with Crippen molar-refractivity contribution in [2.75, 3.05) is 26.1 Å². The minimum Gasteiger partial charge on any atom is -0.496 e. The molecule has 120 valence electrons. The van der Waals surface area contributed by atoms with Gasteiger partial charge in [0.05, 0.1) is 17.8 Å². The number of halogens is 1. The normalized spacial score (nSPS) is 10.6. The van der Waals surface area contributed by atoms with E-state index in [4.69, 9.17) is 4.74 Å². The fourth-order valence-electron chi connectivity index (χ4n) is 1.90. The minimum absolute atomic E-state index is 0.283. The van der Waals surface area contributed by atoms with Crippen molar-refractivity contribution in [2.24, 2.45) is 5.10 Å². The summed E-state index contributed by atoms with van der Waals surface area (Å²) in [6.45, 7) is 0. The van der Waals surface area contributed by atoms with Crippen molar-refractivity contribution in [2.45, 2.75) is 0 Å². The van der Waals surface area contributed by atoms with Gasteiger partial charge in [0, 0.05) is 25.3 Å². The predicted molar refractivity (Wildman–Crippen MR) is 96.5 cm³/mol. The molecule has 1 N–H and O–H groups in total. The molecule has 0 heterocycles. The highest BCUT2D eigenvalue weighted by Crippen LogP contribution is 2.25. The van der Waals surface area contributed by atoms with Crippen LogP contribution in [0.1, 0.15) is 15.9 Å². The Morgan fingerprint density at radius 1 is 1.22 bits per heavy atom. The number of carbonyl (C=O) groups excluding carboxylic acids is 1. The van der Waals surface area contributed by atoms with E-state index in [1.165, 1.54) is 0 Å². The van der Waals surface area contributed by atoms with Gasteiger partial charge in [-0.15, -0.1) is 0 Å². The summed E-state index contributed by atoms with van der Waals surface area (Å²) in [6, 6.07) is 13.0. The van der Waals surface area contributed by atoms with Crippen LogP contribution in [0.3, 0.4) is 0 Å². The monoisotopic (exact) mass is 375 g/mol. The standard InChI is InChI=1S/C17H18BrN3O2/c1-21(2)14-7-4-12(5-8-14)11-19-20-17(22)13-6-9-16(23-3)15(18)10-13/h4-11H,1-3H3,(H,20,22)/b19-11-. The third-order valence-corrected chi connectivity index (χ3v) is 3.82. The average Bonchev–Trinajstić information content (AvgIpc) is 2.55. The first-order valence-corrected chi connectivity index (χ1v) is 7.75. The summed E-state index contributed by atoms with van der Waals surface area (Å²) in [5.74, 6) is 0.389. The van der Waals surface area contributed by atoms with Gasteiger partial charge in [0.2, 0.25) is 0 Å². The first-order valence-electron chi connectivity index (χ1n) is 6.95. The molecule has 0 radical (unpaired) electrons. The van der Waals surface area contributed by atoms with Crippen LogP contribution in [-0.4, -0.2) is 33.3 Å². The molecule has 23 heavy (non-hydrogen) atoms. The van der Waals surface area contributed by atoms with Gasteiger partial charge in [0.1, 0.15) is 5.75 Å². The molecule has 0 aliphatic carbocycles. The van der Waals surface area contributed by atoms with E-state index in [0.717, 1.165) is 15.7 Å². The number of benzene rings is 2. The van der Waals surface area contributed by atoms with Gasteiger partial charge in [0.25, 0.3) is 5.91 Å². The molecular formula is C17H18BrN3O2. The predicted octanol–water partition coefficient (Wildman–Crippen LogP) is 3.29. The van der Waals surface area contributed by atoms with Crippen molar-refractivity contribution in [1.29, 1.82) is 0 Å². The number of hydrogen-bond donors (Lipinski definition) is 1. The maximum Gasteiger partial charge on any atom is 0.271 e. The molecule has 0 aliphatic rings. The lowest BCUT2D eigenvalue weighted by molar-refractivity contribution is 0.0955. The third kappa shape index (κ3) is 4.56. The molecule has 2 aromatic carbocycles. The van der Waals surface area contributed by atoms with Gasteiger partial charge in [-0.3, -0.25) is 4.79 Å². The summed E-state index contributed by atoms with van der Waals surface area (Å²) in [5, 5.41) is 3.98. The van der Waals surface area contributed by atoms with E-state index in [-0.39, 0.29) is 5.91 Å². The zero-order valence-electron chi connectivity index (χ0n) is 13.2. The van der Waals surface area contributed by atoms with Gasteiger partial charge in [0.15, 0.2) is 0 Å². The third-order valence-electron chi connectivity index (χ3n) is 3.20. The summed E-state index contributed by atoms with van der Waals surface area (Å²) in [5.41, 5.74) is 5.02. The highest BCUT2D eigenvalue weighted by Gasteiger charge is 2.07. The van der Waals surface area contributed by atoms with Crippen LogP contribution >= 0.6 is 15.9 Å². The Hall–Kier alpha value is -2.34.